The maximum absolute atomic E-state index is 9.58. The van der Waals surface area contributed by atoms with Crippen LogP contribution in [0.1, 0.15) is 46.0 Å². The standard InChI is InChI=1S/C16H28N4/c1-13(2)19-7-9-20(10-8-19)15-5-6-16(11-15,12-17)18-14-3-4-14/h13-15,18H,3-11H2,1-2H3. The molecule has 2 unspecified atom stereocenters. The van der Waals surface area contributed by atoms with Crippen LogP contribution in [0.5, 0.6) is 0 Å². The molecule has 3 fully saturated rings. The van der Waals surface area contributed by atoms with Crippen LogP contribution in [0.25, 0.3) is 0 Å². The Hall–Kier alpha value is -0.630. The summed E-state index contributed by atoms with van der Waals surface area (Å²) in [4.78, 5) is 5.19. The van der Waals surface area contributed by atoms with Crippen molar-refractivity contribution in [2.24, 2.45) is 0 Å². The van der Waals surface area contributed by atoms with Crippen molar-refractivity contribution >= 4 is 0 Å². The number of hydrogen-bond acceptors (Lipinski definition) is 4. The van der Waals surface area contributed by atoms with E-state index in [1.807, 2.05) is 0 Å². The van der Waals surface area contributed by atoms with E-state index in [-0.39, 0.29) is 5.54 Å². The first-order valence-corrected chi connectivity index (χ1v) is 8.29. The Morgan fingerprint density at radius 1 is 1.15 bits per heavy atom. The lowest BCUT2D eigenvalue weighted by molar-refractivity contribution is 0.0781. The van der Waals surface area contributed by atoms with Crippen LogP contribution in [-0.4, -0.2) is 59.6 Å². The molecule has 1 N–H and O–H groups in total. The molecule has 0 spiro atoms. The highest BCUT2D eigenvalue weighted by molar-refractivity contribution is 5.15. The van der Waals surface area contributed by atoms with Gasteiger partial charge in [0.2, 0.25) is 0 Å². The van der Waals surface area contributed by atoms with Gasteiger partial charge in [-0.15, -0.1) is 0 Å². The molecule has 3 rings (SSSR count). The molecular formula is C16H28N4. The predicted molar refractivity (Wildman–Crippen MR) is 80.4 cm³/mol. The number of hydrogen-bond donors (Lipinski definition) is 1. The Balaban J connectivity index is 1.53. The topological polar surface area (TPSA) is 42.3 Å². The molecule has 1 heterocycles. The van der Waals surface area contributed by atoms with E-state index in [1.54, 1.807) is 0 Å². The monoisotopic (exact) mass is 276 g/mol. The lowest BCUT2D eigenvalue weighted by atomic mass is 9.99. The first-order chi connectivity index (χ1) is 9.62. The largest absolute Gasteiger partial charge is 0.298 e. The van der Waals surface area contributed by atoms with Gasteiger partial charge in [-0.05, 0) is 46.0 Å². The van der Waals surface area contributed by atoms with Gasteiger partial charge in [0.25, 0.3) is 0 Å². The number of nitrogens with one attached hydrogen (secondary N) is 1. The van der Waals surface area contributed by atoms with Gasteiger partial charge in [-0.3, -0.25) is 15.1 Å². The van der Waals surface area contributed by atoms with Gasteiger partial charge in [-0.25, -0.2) is 0 Å². The minimum absolute atomic E-state index is 0.221. The van der Waals surface area contributed by atoms with Crippen molar-refractivity contribution in [3.05, 3.63) is 0 Å². The van der Waals surface area contributed by atoms with Gasteiger partial charge < -0.3 is 0 Å². The number of rotatable bonds is 4. The summed E-state index contributed by atoms with van der Waals surface area (Å²) in [6, 6.07) is 4.51. The molecule has 2 aliphatic carbocycles. The number of piperazine rings is 1. The van der Waals surface area contributed by atoms with Crippen LogP contribution >= 0.6 is 0 Å². The highest BCUT2D eigenvalue weighted by Gasteiger charge is 2.44. The van der Waals surface area contributed by atoms with Gasteiger partial charge in [0.15, 0.2) is 0 Å². The summed E-state index contributed by atoms with van der Waals surface area (Å²) in [5.74, 6) is 0. The fraction of sp³-hybridized carbons (Fsp3) is 0.938. The van der Waals surface area contributed by atoms with E-state index in [0.29, 0.717) is 18.1 Å². The minimum Gasteiger partial charge on any atom is -0.298 e. The highest BCUT2D eigenvalue weighted by atomic mass is 15.3. The fourth-order valence-electron chi connectivity index (χ4n) is 3.83. The second-order valence-corrected chi connectivity index (χ2v) is 7.17. The number of nitriles is 1. The van der Waals surface area contributed by atoms with E-state index >= 15 is 0 Å². The molecule has 1 aliphatic heterocycles. The summed E-state index contributed by atoms with van der Waals surface area (Å²) >= 11 is 0. The van der Waals surface area contributed by atoms with Gasteiger partial charge in [0.1, 0.15) is 5.54 Å². The van der Waals surface area contributed by atoms with E-state index in [1.165, 1.54) is 45.4 Å². The van der Waals surface area contributed by atoms with Crippen LogP contribution < -0.4 is 5.32 Å². The average Bonchev–Trinajstić information content (AvgIpc) is 3.16. The molecule has 20 heavy (non-hydrogen) atoms. The molecule has 0 bridgehead atoms. The second-order valence-electron chi connectivity index (χ2n) is 7.17. The second kappa shape index (κ2) is 5.63. The molecular weight excluding hydrogens is 248 g/mol. The van der Waals surface area contributed by atoms with Gasteiger partial charge in [0, 0.05) is 44.3 Å². The van der Waals surface area contributed by atoms with Crippen molar-refractivity contribution in [1.29, 1.82) is 5.26 Å². The van der Waals surface area contributed by atoms with Crippen molar-refractivity contribution in [2.45, 2.75) is 69.6 Å². The molecule has 0 aromatic heterocycles. The van der Waals surface area contributed by atoms with Crippen molar-refractivity contribution < 1.29 is 0 Å². The molecule has 2 atom stereocenters. The molecule has 0 aromatic carbocycles. The molecule has 0 aromatic rings. The van der Waals surface area contributed by atoms with E-state index in [4.69, 9.17) is 0 Å². The van der Waals surface area contributed by atoms with E-state index < -0.39 is 0 Å². The molecule has 4 heteroatoms. The van der Waals surface area contributed by atoms with Gasteiger partial charge in [-0.2, -0.15) is 5.26 Å². The maximum atomic E-state index is 9.58. The summed E-state index contributed by atoms with van der Waals surface area (Å²) in [6.07, 6.45) is 5.79. The van der Waals surface area contributed by atoms with E-state index in [0.717, 1.165) is 12.8 Å². The SMILES string of the molecule is CC(C)N1CCN(C2CCC(C#N)(NC3CC3)C2)CC1. The van der Waals surface area contributed by atoms with Crippen molar-refractivity contribution in [2.75, 3.05) is 26.2 Å². The number of nitrogens with zero attached hydrogens (tertiary/aromatic N) is 3. The Morgan fingerprint density at radius 2 is 1.85 bits per heavy atom. The lowest BCUT2D eigenvalue weighted by Crippen LogP contribution is -2.52. The van der Waals surface area contributed by atoms with Crippen LogP contribution in [0.15, 0.2) is 0 Å². The Morgan fingerprint density at radius 3 is 2.40 bits per heavy atom. The third-order valence-electron chi connectivity index (χ3n) is 5.36. The van der Waals surface area contributed by atoms with Crippen LogP contribution in [0.2, 0.25) is 0 Å². The zero-order chi connectivity index (χ0) is 14.2. The van der Waals surface area contributed by atoms with Gasteiger partial charge in [-0.1, -0.05) is 0 Å². The zero-order valence-corrected chi connectivity index (χ0v) is 12.9. The molecule has 3 aliphatic rings. The smallest absolute Gasteiger partial charge is 0.108 e. The average molecular weight is 276 g/mol. The fourth-order valence-corrected chi connectivity index (χ4v) is 3.83. The van der Waals surface area contributed by atoms with E-state index in [9.17, 15) is 5.26 Å². The molecule has 1 saturated heterocycles. The molecule has 0 radical (unpaired) electrons. The van der Waals surface area contributed by atoms with Crippen molar-refractivity contribution in [1.82, 2.24) is 15.1 Å². The predicted octanol–water partition coefficient (Wildman–Crippen LogP) is 1.58. The Bertz CT molecular complexity index is 376. The van der Waals surface area contributed by atoms with Crippen LogP contribution in [0.3, 0.4) is 0 Å². The molecule has 0 amide bonds. The summed E-state index contributed by atoms with van der Waals surface area (Å²) in [6.45, 7) is 9.28. The van der Waals surface area contributed by atoms with E-state index in [2.05, 4.69) is 35.0 Å². The van der Waals surface area contributed by atoms with Gasteiger partial charge >= 0.3 is 0 Å². The van der Waals surface area contributed by atoms with Crippen LogP contribution in [0.4, 0.5) is 0 Å². The lowest BCUT2D eigenvalue weighted by Gasteiger charge is -2.40. The summed E-state index contributed by atoms with van der Waals surface area (Å²) in [7, 11) is 0. The summed E-state index contributed by atoms with van der Waals surface area (Å²) in [5.41, 5.74) is -0.221. The Kier molecular flexibility index (Phi) is 4.03. The maximum Gasteiger partial charge on any atom is 0.108 e. The molecule has 2 saturated carbocycles. The summed E-state index contributed by atoms with van der Waals surface area (Å²) < 4.78 is 0. The third-order valence-corrected chi connectivity index (χ3v) is 5.36. The highest BCUT2D eigenvalue weighted by Crippen LogP contribution is 2.36. The first-order valence-electron chi connectivity index (χ1n) is 8.29. The normalized spacial score (nSPS) is 36.4. The third kappa shape index (κ3) is 3.00. The van der Waals surface area contributed by atoms with Crippen LogP contribution in [0, 0.1) is 11.3 Å². The Labute approximate surface area is 123 Å². The first kappa shape index (κ1) is 14.3. The summed E-state index contributed by atoms with van der Waals surface area (Å²) in [5, 5.41) is 13.2. The van der Waals surface area contributed by atoms with Crippen LogP contribution in [-0.2, 0) is 0 Å². The molecule has 112 valence electrons. The van der Waals surface area contributed by atoms with Crippen molar-refractivity contribution in [3.63, 3.8) is 0 Å². The minimum atomic E-state index is -0.221. The van der Waals surface area contributed by atoms with Crippen molar-refractivity contribution in [3.8, 4) is 6.07 Å². The molecule has 4 nitrogen and oxygen atoms in total. The van der Waals surface area contributed by atoms with Gasteiger partial charge in [0.05, 0.1) is 6.07 Å². The quantitative estimate of drug-likeness (QED) is 0.846. The zero-order valence-electron chi connectivity index (χ0n) is 12.9.